The van der Waals surface area contributed by atoms with Crippen LogP contribution in [0.2, 0.25) is 0 Å². The van der Waals surface area contributed by atoms with Crippen molar-refractivity contribution in [2.75, 3.05) is 13.2 Å². The molecule has 8 fully saturated rings. The zero-order valence-electron chi connectivity index (χ0n) is 40.5. The van der Waals surface area contributed by atoms with Gasteiger partial charge in [0.05, 0.1) is 54.9 Å². The standard InChI is InChI=1S/C49H76O20/c1-21-43(67-37-16-31(53)44(22(2)62-37)68-38-17-33(64-24(4)51)45(23(3)63-38)69-46-42(58)41(57)40(56)34(19-50)66-46)30(52)15-36(61-21)65-27-9-11-47(5)26(14-27)7-8-29-28(47)10-12-48(6)39(25-13-35(55)60-20-25)32(54)18-49(29,48)59/h13,21-23,26-34,36-46,50,52-54,56-59H,7-12,14-20H2,1-6H3/t21?,22?,23?,26?,27?,28?,29?,30?,31?,32?,33?,34?,36?,37?,38?,39?,40?,41?,42?,43?,44?,45?,46?,47-,48+,49?/m0/s1. The molecule has 5 heterocycles. The van der Waals surface area contributed by atoms with E-state index in [0.717, 1.165) is 50.5 Å². The summed E-state index contributed by atoms with van der Waals surface area (Å²) in [5.74, 6) is -0.609. The molecule has 0 bridgehead atoms. The number of hydrogen-bond acceptors (Lipinski definition) is 20. The van der Waals surface area contributed by atoms with Crippen LogP contribution in [0.3, 0.4) is 0 Å². The van der Waals surface area contributed by atoms with Gasteiger partial charge in [-0.15, -0.1) is 0 Å². The van der Waals surface area contributed by atoms with Crippen molar-refractivity contribution < 1.29 is 97.8 Å². The summed E-state index contributed by atoms with van der Waals surface area (Å²) in [6.07, 6.45) is -10.8. The zero-order valence-corrected chi connectivity index (χ0v) is 40.5. The molecule has 4 aliphatic carbocycles. The number of aliphatic hydroxyl groups is 8. The van der Waals surface area contributed by atoms with Gasteiger partial charge in [-0.1, -0.05) is 13.8 Å². The summed E-state index contributed by atoms with van der Waals surface area (Å²) in [5, 5.41) is 87.5. The number of hydrogen-bond donors (Lipinski definition) is 8. The third-order valence-corrected chi connectivity index (χ3v) is 18.2. The third-order valence-electron chi connectivity index (χ3n) is 18.2. The second-order valence-corrected chi connectivity index (χ2v) is 22.3. The molecule has 20 heteroatoms. The Labute approximate surface area is 402 Å². The van der Waals surface area contributed by atoms with Gasteiger partial charge in [-0.05, 0) is 94.5 Å². The van der Waals surface area contributed by atoms with Crippen molar-refractivity contribution in [3.63, 3.8) is 0 Å². The Hall–Kier alpha value is -1.96. The molecule has 8 N–H and O–H groups in total. The zero-order chi connectivity index (χ0) is 49.5. The van der Waals surface area contributed by atoms with E-state index in [0.29, 0.717) is 18.3 Å². The Morgan fingerprint density at radius 3 is 1.93 bits per heavy atom. The monoisotopic (exact) mass is 984 g/mol. The summed E-state index contributed by atoms with van der Waals surface area (Å²) < 4.78 is 60.1. The normalized spacial score (nSPS) is 53.3. The lowest BCUT2D eigenvalue weighted by atomic mass is 9.43. The highest BCUT2D eigenvalue weighted by molar-refractivity contribution is 5.85. The maximum Gasteiger partial charge on any atom is 0.331 e. The highest BCUT2D eigenvalue weighted by atomic mass is 16.8. The SMILES string of the molecule is CC(=O)OC1CC(OC2C(O)CC(OC3C(O)CC(OC4CC[C@@]5(C)C(CCC6C5CC[C@]5(C)C(C7=CC(=O)OC7)C(O)CC65O)C4)OC3C)OC2C)OC(C)C1OC1OC(CO)C(O)C(O)C1O. The molecular formula is C49H76O20. The maximum atomic E-state index is 12.6. The summed E-state index contributed by atoms with van der Waals surface area (Å²) in [7, 11) is 0. The fraction of sp³-hybridized carbons (Fsp3) is 0.918. The lowest BCUT2D eigenvalue weighted by molar-refractivity contribution is -0.355. The number of rotatable bonds is 11. The Morgan fingerprint density at radius 1 is 0.710 bits per heavy atom. The largest absolute Gasteiger partial charge is 0.459 e. The van der Waals surface area contributed by atoms with Crippen LogP contribution in [0.5, 0.6) is 0 Å². The molecule has 0 aromatic carbocycles. The van der Waals surface area contributed by atoms with Crippen molar-refractivity contribution in [2.45, 2.75) is 234 Å². The van der Waals surface area contributed by atoms with Crippen LogP contribution in [0, 0.1) is 34.5 Å². The van der Waals surface area contributed by atoms with Crippen molar-refractivity contribution in [3.05, 3.63) is 11.6 Å². The number of carbonyl (C=O) groups is 2. The molecule has 392 valence electrons. The minimum absolute atomic E-state index is 0.000687. The number of aliphatic hydroxyl groups excluding tert-OH is 7. The van der Waals surface area contributed by atoms with Gasteiger partial charge in [0.1, 0.15) is 55.4 Å². The summed E-state index contributed by atoms with van der Waals surface area (Å²) in [5.41, 5.74) is -0.809. The van der Waals surface area contributed by atoms with Crippen molar-refractivity contribution in [2.24, 2.45) is 34.5 Å². The molecule has 69 heavy (non-hydrogen) atoms. The van der Waals surface area contributed by atoms with E-state index in [-0.39, 0.29) is 55.2 Å². The van der Waals surface area contributed by atoms with Gasteiger partial charge in [-0.3, -0.25) is 4.79 Å². The van der Waals surface area contributed by atoms with Crippen LogP contribution in [0.25, 0.3) is 0 Å². The fourth-order valence-corrected chi connectivity index (χ4v) is 14.7. The van der Waals surface area contributed by atoms with Crippen LogP contribution in [0.15, 0.2) is 11.6 Å². The quantitative estimate of drug-likeness (QED) is 0.104. The van der Waals surface area contributed by atoms with E-state index in [1.54, 1.807) is 13.8 Å². The van der Waals surface area contributed by atoms with Gasteiger partial charge >= 0.3 is 11.9 Å². The number of carbonyl (C=O) groups excluding carboxylic acids is 2. The van der Waals surface area contributed by atoms with Crippen LogP contribution < -0.4 is 0 Å². The average molecular weight is 985 g/mol. The van der Waals surface area contributed by atoms with Gasteiger partial charge in [-0.25, -0.2) is 4.79 Å². The molecule has 24 unspecified atom stereocenters. The molecule has 5 aliphatic heterocycles. The summed E-state index contributed by atoms with van der Waals surface area (Å²) in [4.78, 5) is 24.2. The van der Waals surface area contributed by atoms with Gasteiger partial charge in [0.2, 0.25) is 0 Å². The fourth-order valence-electron chi connectivity index (χ4n) is 14.7. The van der Waals surface area contributed by atoms with E-state index >= 15 is 0 Å². The number of cyclic esters (lactones) is 1. The minimum Gasteiger partial charge on any atom is -0.459 e. The molecule has 0 amide bonds. The summed E-state index contributed by atoms with van der Waals surface area (Å²) >= 11 is 0. The molecule has 0 radical (unpaired) electrons. The number of fused-ring (bicyclic) bond motifs is 5. The summed E-state index contributed by atoms with van der Waals surface area (Å²) in [6, 6.07) is 0. The van der Waals surface area contributed by atoms with Crippen molar-refractivity contribution in [3.8, 4) is 0 Å². The Morgan fingerprint density at radius 2 is 1.33 bits per heavy atom. The van der Waals surface area contributed by atoms with Crippen LogP contribution in [-0.4, -0.2) is 188 Å². The van der Waals surface area contributed by atoms with Crippen LogP contribution in [0.1, 0.15) is 112 Å². The molecular weight excluding hydrogens is 909 g/mol. The van der Waals surface area contributed by atoms with Crippen molar-refractivity contribution in [1.82, 2.24) is 0 Å². The molecule has 0 spiro atoms. The average Bonchev–Trinajstić information content (AvgIpc) is 3.79. The van der Waals surface area contributed by atoms with Crippen molar-refractivity contribution >= 4 is 11.9 Å². The van der Waals surface area contributed by atoms with E-state index < -0.39 is 134 Å². The molecule has 9 aliphatic rings. The van der Waals surface area contributed by atoms with Gasteiger partial charge in [0, 0.05) is 50.0 Å². The molecule has 20 nitrogen and oxygen atoms in total. The highest BCUT2D eigenvalue weighted by Gasteiger charge is 2.70. The van der Waals surface area contributed by atoms with Gasteiger partial charge in [0.25, 0.3) is 0 Å². The van der Waals surface area contributed by atoms with Gasteiger partial charge < -0.3 is 88.2 Å². The summed E-state index contributed by atoms with van der Waals surface area (Å²) in [6.45, 7) is 10.4. The lowest BCUT2D eigenvalue weighted by Crippen LogP contribution is -2.62. The predicted molar refractivity (Wildman–Crippen MR) is 235 cm³/mol. The Balaban J connectivity index is 0.749. The van der Waals surface area contributed by atoms with E-state index in [1.807, 2.05) is 6.92 Å². The Bertz CT molecular complexity index is 1850. The first kappa shape index (κ1) is 51.9. The molecule has 9 rings (SSSR count). The lowest BCUT2D eigenvalue weighted by Gasteiger charge is -2.63. The van der Waals surface area contributed by atoms with Crippen molar-refractivity contribution in [1.29, 1.82) is 0 Å². The molecule has 26 atom stereocenters. The topological polar surface area (TPSA) is 288 Å². The first-order chi connectivity index (χ1) is 32.6. The molecule has 4 saturated heterocycles. The second kappa shape index (κ2) is 20.0. The second-order valence-electron chi connectivity index (χ2n) is 22.3. The Kier molecular flexibility index (Phi) is 15.1. The van der Waals surface area contributed by atoms with E-state index in [1.165, 1.54) is 13.0 Å². The van der Waals surface area contributed by atoms with Gasteiger partial charge in [-0.2, -0.15) is 0 Å². The van der Waals surface area contributed by atoms with Crippen LogP contribution in [0.4, 0.5) is 0 Å². The number of esters is 2. The third kappa shape index (κ3) is 9.59. The number of ether oxygens (including phenoxy) is 10. The van der Waals surface area contributed by atoms with E-state index in [4.69, 9.17) is 47.4 Å². The predicted octanol–water partition coefficient (Wildman–Crippen LogP) is 0.613. The van der Waals surface area contributed by atoms with E-state index in [9.17, 15) is 50.4 Å². The van der Waals surface area contributed by atoms with E-state index in [2.05, 4.69) is 13.8 Å². The van der Waals surface area contributed by atoms with Crippen LogP contribution in [-0.2, 0) is 57.0 Å². The molecule has 4 saturated carbocycles. The minimum atomic E-state index is -1.68. The molecule has 0 aromatic heterocycles. The maximum absolute atomic E-state index is 12.6. The molecule has 0 aromatic rings. The highest BCUT2D eigenvalue weighted by Crippen LogP contribution is 2.70. The van der Waals surface area contributed by atoms with Crippen LogP contribution >= 0.6 is 0 Å². The first-order valence-corrected chi connectivity index (χ1v) is 25.3. The smallest absolute Gasteiger partial charge is 0.331 e. The first-order valence-electron chi connectivity index (χ1n) is 25.3. The van der Waals surface area contributed by atoms with Gasteiger partial charge in [0.15, 0.2) is 25.2 Å².